The van der Waals surface area contributed by atoms with Crippen LogP contribution in [0.5, 0.6) is 0 Å². The molecule has 0 atom stereocenters. The van der Waals surface area contributed by atoms with Crippen LogP contribution in [0, 0.1) is 0 Å². The molecule has 254 valence electrons. The van der Waals surface area contributed by atoms with Crippen molar-refractivity contribution in [1.82, 2.24) is 4.57 Å². The Kier molecular flexibility index (Phi) is 10.9. The number of imidazole rings is 1. The third kappa shape index (κ3) is 9.35. The fraction of sp³-hybridized carbons (Fsp3) is 0.326. The summed E-state index contributed by atoms with van der Waals surface area (Å²) >= 11 is 0. The number of unbranched alkanes of at least 4 members (excludes halogenated alkanes) is 1. The number of hydrogen-bond donors (Lipinski definition) is 0. The molecule has 5 aromatic rings. The number of carbonyl (C=O) groups is 2. The normalized spacial score (nSPS) is 11.7. The van der Waals surface area contributed by atoms with Gasteiger partial charge in [0.2, 0.25) is 0 Å². The zero-order valence-electron chi connectivity index (χ0n) is 30.0. The van der Waals surface area contributed by atoms with Crippen LogP contribution in [0.2, 0.25) is 0 Å². The number of nitrogens with zero attached hydrogens (tertiary/aromatic N) is 2. The predicted octanol–water partition coefficient (Wildman–Crippen LogP) is 9.46. The molecule has 0 amide bonds. The Morgan fingerprint density at radius 2 is 1.12 bits per heavy atom. The van der Waals surface area contributed by atoms with E-state index in [0.717, 1.165) is 54.6 Å². The van der Waals surface area contributed by atoms with Crippen LogP contribution in [0.4, 0.5) is 0 Å². The van der Waals surface area contributed by atoms with Gasteiger partial charge in [0.05, 0.1) is 11.1 Å². The SMILES string of the molecule is CCCCc1n(Cc2ccc(-c3ccccc3C(=O)OC(C)(C)C)cc2)cc[n+]1Cc1ccc(-c2ccccc2C(=O)OC(C)(C)C)cc1. The van der Waals surface area contributed by atoms with Gasteiger partial charge in [0.1, 0.15) is 36.7 Å². The van der Waals surface area contributed by atoms with Crippen molar-refractivity contribution in [3.05, 3.63) is 138 Å². The highest BCUT2D eigenvalue weighted by Gasteiger charge is 2.23. The lowest BCUT2D eigenvalue weighted by molar-refractivity contribution is -0.695. The molecule has 0 bridgehead atoms. The van der Waals surface area contributed by atoms with Gasteiger partial charge in [0.15, 0.2) is 0 Å². The summed E-state index contributed by atoms with van der Waals surface area (Å²) in [4.78, 5) is 25.9. The third-order valence-electron chi connectivity index (χ3n) is 8.17. The predicted molar refractivity (Wildman–Crippen MR) is 196 cm³/mol. The fourth-order valence-electron chi connectivity index (χ4n) is 5.87. The first-order chi connectivity index (χ1) is 23.3. The van der Waals surface area contributed by atoms with Crippen LogP contribution in [-0.2, 0) is 29.0 Å². The quantitative estimate of drug-likeness (QED) is 0.105. The smallest absolute Gasteiger partial charge is 0.339 e. The van der Waals surface area contributed by atoms with Crippen LogP contribution in [-0.4, -0.2) is 27.7 Å². The van der Waals surface area contributed by atoms with E-state index in [-0.39, 0.29) is 11.9 Å². The Labute approximate surface area is 291 Å². The van der Waals surface area contributed by atoms with Crippen molar-refractivity contribution in [2.24, 2.45) is 0 Å². The molecular weight excluding hydrogens is 608 g/mol. The molecular formula is C43H49N2O4+. The van der Waals surface area contributed by atoms with E-state index in [2.05, 4.69) is 77.0 Å². The van der Waals surface area contributed by atoms with E-state index in [1.807, 2.05) is 90.1 Å². The van der Waals surface area contributed by atoms with E-state index < -0.39 is 11.2 Å². The molecule has 5 rings (SSSR count). The molecule has 0 saturated carbocycles. The lowest BCUT2D eigenvalue weighted by Crippen LogP contribution is -2.38. The number of aromatic nitrogens is 2. The first-order valence-electron chi connectivity index (χ1n) is 17.2. The summed E-state index contributed by atoms with van der Waals surface area (Å²) < 4.78 is 16.0. The van der Waals surface area contributed by atoms with Crippen LogP contribution < -0.4 is 4.57 Å². The standard InChI is InChI=1S/C43H49N2O4/c1-8-9-18-39-44(29-31-19-23-33(24-20-31)35-14-10-12-16-37(35)40(46)48-42(2,3)4)27-28-45(39)30-32-21-25-34(26-22-32)36-15-11-13-17-38(36)41(47)49-43(5,6)7/h10-17,19-28H,8-9,18,29-30H2,1-7H3/q+1. The van der Waals surface area contributed by atoms with Crippen molar-refractivity contribution in [1.29, 1.82) is 0 Å². The average molecular weight is 658 g/mol. The lowest BCUT2D eigenvalue weighted by atomic mass is 9.98. The molecule has 0 aliphatic heterocycles. The molecule has 1 heterocycles. The van der Waals surface area contributed by atoms with Gasteiger partial charge in [-0.25, -0.2) is 18.7 Å². The Morgan fingerprint density at radius 1 is 0.653 bits per heavy atom. The summed E-state index contributed by atoms with van der Waals surface area (Å²) in [5.41, 5.74) is 6.09. The average Bonchev–Trinajstić information content (AvgIpc) is 3.43. The summed E-state index contributed by atoms with van der Waals surface area (Å²) in [6.07, 6.45) is 7.53. The van der Waals surface area contributed by atoms with Crippen LogP contribution >= 0.6 is 0 Å². The molecule has 6 heteroatoms. The van der Waals surface area contributed by atoms with Gasteiger partial charge >= 0.3 is 11.9 Å². The van der Waals surface area contributed by atoms with Gasteiger partial charge in [-0.3, -0.25) is 0 Å². The van der Waals surface area contributed by atoms with Gasteiger partial charge in [-0.2, -0.15) is 0 Å². The van der Waals surface area contributed by atoms with Crippen LogP contribution in [0.3, 0.4) is 0 Å². The third-order valence-corrected chi connectivity index (χ3v) is 8.17. The topological polar surface area (TPSA) is 61.4 Å². The van der Waals surface area contributed by atoms with Crippen LogP contribution in [0.1, 0.15) is 99.0 Å². The maximum atomic E-state index is 12.9. The minimum Gasteiger partial charge on any atom is -0.456 e. The van der Waals surface area contributed by atoms with Gasteiger partial charge in [0, 0.05) is 6.42 Å². The number of esters is 2. The van der Waals surface area contributed by atoms with Gasteiger partial charge < -0.3 is 9.47 Å². The largest absolute Gasteiger partial charge is 0.456 e. The van der Waals surface area contributed by atoms with E-state index in [1.165, 1.54) is 17.0 Å². The van der Waals surface area contributed by atoms with Gasteiger partial charge in [-0.05, 0) is 93.5 Å². The van der Waals surface area contributed by atoms with E-state index in [1.54, 1.807) is 0 Å². The Bertz CT molecular complexity index is 1750. The number of benzene rings is 4. The van der Waals surface area contributed by atoms with Crippen molar-refractivity contribution < 1.29 is 23.6 Å². The zero-order valence-corrected chi connectivity index (χ0v) is 30.0. The molecule has 49 heavy (non-hydrogen) atoms. The summed E-state index contributed by atoms with van der Waals surface area (Å²) in [5.74, 6) is 0.648. The molecule has 0 aliphatic rings. The van der Waals surface area contributed by atoms with Crippen LogP contribution in [0.25, 0.3) is 22.3 Å². The van der Waals surface area contributed by atoms with E-state index in [4.69, 9.17) is 9.47 Å². The maximum Gasteiger partial charge on any atom is 0.339 e. The highest BCUT2D eigenvalue weighted by atomic mass is 16.6. The zero-order chi connectivity index (χ0) is 35.2. The lowest BCUT2D eigenvalue weighted by Gasteiger charge is -2.20. The first kappa shape index (κ1) is 35.3. The van der Waals surface area contributed by atoms with Crippen molar-refractivity contribution in [3.63, 3.8) is 0 Å². The second-order valence-corrected chi connectivity index (χ2v) is 14.6. The Morgan fingerprint density at radius 3 is 1.59 bits per heavy atom. The van der Waals surface area contributed by atoms with Crippen LogP contribution in [0.15, 0.2) is 109 Å². The minimum absolute atomic E-state index is 0.315. The van der Waals surface area contributed by atoms with E-state index in [9.17, 15) is 9.59 Å². The van der Waals surface area contributed by atoms with Gasteiger partial charge in [0.25, 0.3) is 5.82 Å². The molecule has 1 aromatic heterocycles. The molecule has 0 fully saturated rings. The molecule has 0 unspecified atom stereocenters. The van der Waals surface area contributed by atoms with Gasteiger partial charge in [-0.15, -0.1) is 0 Å². The molecule has 0 spiro atoms. The second-order valence-electron chi connectivity index (χ2n) is 14.6. The van der Waals surface area contributed by atoms with E-state index in [0.29, 0.717) is 11.1 Å². The molecule has 0 aliphatic carbocycles. The molecule has 0 saturated heterocycles. The molecule has 4 aromatic carbocycles. The first-order valence-corrected chi connectivity index (χ1v) is 17.2. The van der Waals surface area contributed by atoms with Crippen molar-refractivity contribution >= 4 is 11.9 Å². The van der Waals surface area contributed by atoms with Crippen molar-refractivity contribution in [2.45, 2.75) is 92.0 Å². The molecule has 0 radical (unpaired) electrons. The molecule has 0 N–H and O–H groups in total. The highest BCUT2D eigenvalue weighted by Crippen LogP contribution is 2.28. The van der Waals surface area contributed by atoms with Crippen molar-refractivity contribution in [3.8, 4) is 22.3 Å². The number of ether oxygens (including phenoxy) is 2. The Hall–Kier alpha value is -4.97. The molecule has 6 nitrogen and oxygen atoms in total. The number of rotatable bonds is 11. The summed E-state index contributed by atoms with van der Waals surface area (Å²) in [6.45, 7) is 15.0. The fourth-order valence-corrected chi connectivity index (χ4v) is 5.87. The highest BCUT2D eigenvalue weighted by molar-refractivity contribution is 5.98. The van der Waals surface area contributed by atoms with Crippen molar-refractivity contribution in [2.75, 3.05) is 0 Å². The number of carbonyl (C=O) groups excluding carboxylic acids is 2. The van der Waals surface area contributed by atoms with E-state index >= 15 is 0 Å². The Balaban J connectivity index is 1.33. The summed E-state index contributed by atoms with van der Waals surface area (Å²) in [5, 5.41) is 0. The summed E-state index contributed by atoms with van der Waals surface area (Å²) in [6, 6.07) is 32.2. The monoisotopic (exact) mass is 657 g/mol. The number of hydrogen-bond acceptors (Lipinski definition) is 4. The summed E-state index contributed by atoms with van der Waals surface area (Å²) in [7, 11) is 0. The maximum absolute atomic E-state index is 12.9. The van der Waals surface area contributed by atoms with Gasteiger partial charge in [-0.1, -0.05) is 98.3 Å². The minimum atomic E-state index is -0.559. The second kappa shape index (κ2) is 15.1.